The highest BCUT2D eigenvalue weighted by Crippen LogP contribution is 2.60. The van der Waals surface area contributed by atoms with Crippen LogP contribution in [-0.4, -0.2) is 18.9 Å². The van der Waals surface area contributed by atoms with E-state index < -0.39 is 0 Å². The van der Waals surface area contributed by atoms with Crippen molar-refractivity contribution in [1.82, 2.24) is 0 Å². The van der Waals surface area contributed by atoms with Crippen molar-refractivity contribution in [2.45, 2.75) is 89.5 Å². The summed E-state index contributed by atoms with van der Waals surface area (Å²) in [5.74, 6) is 0.504. The van der Waals surface area contributed by atoms with Crippen LogP contribution in [0.25, 0.3) is 0 Å². The quantitative estimate of drug-likeness (QED) is 0.516. The lowest BCUT2D eigenvalue weighted by molar-refractivity contribution is -0.122. The molecule has 0 amide bonds. The van der Waals surface area contributed by atoms with Gasteiger partial charge < -0.3 is 10.5 Å². The van der Waals surface area contributed by atoms with Crippen LogP contribution >= 0.6 is 0 Å². The molecule has 2 bridgehead atoms. The predicted octanol–water partition coefficient (Wildman–Crippen LogP) is 5.77. The molecule has 29 heavy (non-hydrogen) atoms. The summed E-state index contributed by atoms with van der Waals surface area (Å²) in [6.45, 7) is 4.68. The van der Waals surface area contributed by atoms with Crippen LogP contribution in [0.3, 0.4) is 0 Å². The van der Waals surface area contributed by atoms with Crippen LogP contribution in [-0.2, 0) is 10.2 Å². The van der Waals surface area contributed by atoms with Gasteiger partial charge in [-0.1, -0.05) is 68.6 Å². The number of nitroso groups, excluding NO2 is 1. The average Bonchev–Trinajstić information content (AvgIpc) is 2.69. The largest absolute Gasteiger partial charge is 0.328 e. The molecule has 160 valence electrons. The highest BCUT2D eigenvalue weighted by molar-refractivity contribution is 5.60. The molecule has 3 saturated carbocycles. The number of carbonyl (C=O) groups excluding carboxylic acids is 1. The van der Waals surface area contributed by atoms with Crippen molar-refractivity contribution in [2.24, 2.45) is 27.7 Å². The first-order chi connectivity index (χ1) is 13.8. The Bertz CT molecular complexity index is 687. The van der Waals surface area contributed by atoms with Crippen LogP contribution in [0.1, 0.15) is 83.6 Å². The number of benzene rings is 1. The first kappa shape index (κ1) is 22.1. The van der Waals surface area contributed by atoms with Crippen molar-refractivity contribution in [2.75, 3.05) is 6.54 Å². The molecular formula is C25H38N2O2. The number of aldehydes is 1. The number of fused-ring (bicyclic) bond motifs is 2. The zero-order chi connectivity index (χ0) is 21.0. The van der Waals surface area contributed by atoms with Crippen molar-refractivity contribution < 1.29 is 4.79 Å². The van der Waals surface area contributed by atoms with Crippen LogP contribution in [0.5, 0.6) is 0 Å². The molecule has 3 aliphatic rings. The van der Waals surface area contributed by atoms with E-state index in [1.807, 2.05) is 6.07 Å². The summed E-state index contributed by atoms with van der Waals surface area (Å²) < 4.78 is 0. The van der Waals surface area contributed by atoms with Gasteiger partial charge in [0.05, 0.1) is 6.54 Å². The second kappa shape index (κ2) is 9.07. The third kappa shape index (κ3) is 5.33. The van der Waals surface area contributed by atoms with Gasteiger partial charge in [-0.25, -0.2) is 0 Å². The Balaban J connectivity index is 0.000000290. The van der Waals surface area contributed by atoms with E-state index in [-0.39, 0.29) is 16.2 Å². The maximum absolute atomic E-state index is 11.7. The zero-order valence-corrected chi connectivity index (χ0v) is 18.2. The number of carbonyl (C=O) groups is 1. The Labute approximate surface area is 176 Å². The minimum atomic E-state index is -0.241. The first-order valence-electron chi connectivity index (χ1n) is 11.4. The predicted molar refractivity (Wildman–Crippen MR) is 119 cm³/mol. The number of rotatable bonds is 4. The summed E-state index contributed by atoms with van der Waals surface area (Å²) in [6.07, 6.45) is 12.8. The van der Waals surface area contributed by atoms with E-state index in [1.54, 1.807) is 0 Å². The van der Waals surface area contributed by atoms with Gasteiger partial charge in [-0.05, 0) is 67.3 Å². The van der Waals surface area contributed by atoms with Gasteiger partial charge in [-0.2, -0.15) is 4.91 Å². The highest BCUT2D eigenvalue weighted by atomic mass is 16.3. The molecule has 4 heteroatoms. The van der Waals surface area contributed by atoms with Gasteiger partial charge in [0.25, 0.3) is 0 Å². The fourth-order valence-electron chi connectivity index (χ4n) is 6.68. The van der Waals surface area contributed by atoms with Crippen molar-refractivity contribution in [1.29, 1.82) is 0 Å². The van der Waals surface area contributed by atoms with Crippen LogP contribution in [0.15, 0.2) is 35.5 Å². The third-order valence-corrected chi connectivity index (χ3v) is 7.49. The van der Waals surface area contributed by atoms with Crippen LogP contribution < -0.4 is 5.73 Å². The van der Waals surface area contributed by atoms with E-state index in [9.17, 15) is 9.70 Å². The number of hydrogen-bond donors (Lipinski definition) is 1. The summed E-state index contributed by atoms with van der Waals surface area (Å²) >= 11 is 0. The molecule has 3 fully saturated rings. The van der Waals surface area contributed by atoms with Gasteiger partial charge in [0.15, 0.2) is 0 Å². The molecule has 0 radical (unpaired) electrons. The van der Waals surface area contributed by atoms with Crippen LogP contribution in [0.2, 0.25) is 0 Å². The first-order valence-corrected chi connectivity index (χ1v) is 11.4. The fourth-order valence-corrected chi connectivity index (χ4v) is 6.68. The number of nitrogens with zero attached hydrogens (tertiary/aromatic N) is 1. The van der Waals surface area contributed by atoms with Crippen molar-refractivity contribution >= 4 is 6.29 Å². The molecular weight excluding hydrogens is 360 g/mol. The smallest absolute Gasteiger partial charge is 0.125 e. The van der Waals surface area contributed by atoms with E-state index >= 15 is 0 Å². The lowest BCUT2D eigenvalue weighted by Crippen LogP contribution is -2.51. The molecule has 4 rings (SSSR count). The SMILES string of the molecule is CC1(C=O)CC2CC(C)(CN=O)CC(c3ccccc3)(C2)C1.NC1CCCCC1. The fraction of sp³-hybridized carbons (Fsp3) is 0.720. The lowest BCUT2D eigenvalue weighted by atomic mass is 9.47. The number of nitrogens with two attached hydrogens (primary N) is 1. The van der Waals surface area contributed by atoms with Crippen molar-refractivity contribution in [3.8, 4) is 0 Å². The summed E-state index contributed by atoms with van der Waals surface area (Å²) in [5.41, 5.74) is 6.69. The normalized spacial score (nSPS) is 37.1. The highest BCUT2D eigenvalue weighted by Gasteiger charge is 2.54. The molecule has 1 aromatic carbocycles. The van der Waals surface area contributed by atoms with E-state index in [2.05, 4.69) is 43.3 Å². The number of hydrogen-bond acceptors (Lipinski definition) is 4. The molecule has 0 saturated heterocycles. The van der Waals surface area contributed by atoms with Crippen molar-refractivity contribution in [3.05, 3.63) is 40.8 Å². The van der Waals surface area contributed by atoms with Gasteiger partial charge in [0, 0.05) is 11.5 Å². The van der Waals surface area contributed by atoms with E-state index in [1.165, 1.54) is 37.7 Å². The molecule has 0 aromatic heterocycles. The Morgan fingerprint density at radius 2 is 1.72 bits per heavy atom. The monoisotopic (exact) mass is 398 g/mol. The lowest BCUT2D eigenvalue weighted by Gasteiger charge is -2.56. The summed E-state index contributed by atoms with van der Waals surface area (Å²) in [7, 11) is 0. The van der Waals surface area contributed by atoms with Crippen LogP contribution in [0, 0.1) is 21.7 Å². The summed E-state index contributed by atoms with van der Waals surface area (Å²) in [6, 6.07) is 11.1. The minimum Gasteiger partial charge on any atom is -0.328 e. The molecule has 4 atom stereocenters. The Kier molecular flexibility index (Phi) is 6.93. The molecule has 0 spiro atoms. The summed E-state index contributed by atoms with van der Waals surface area (Å²) in [5, 5.41) is 3.22. The van der Waals surface area contributed by atoms with E-state index in [0.717, 1.165) is 38.4 Å². The van der Waals surface area contributed by atoms with Gasteiger partial charge in [0.2, 0.25) is 0 Å². The second-order valence-electron chi connectivity index (χ2n) is 10.7. The minimum absolute atomic E-state index is 0.0114. The maximum atomic E-state index is 11.7. The molecule has 4 nitrogen and oxygen atoms in total. The van der Waals surface area contributed by atoms with E-state index in [0.29, 0.717) is 18.5 Å². The summed E-state index contributed by atoms with van der Waals surface area (Å²) in [4.78, 5) is 22.6. The Hall–Kier alpha value is -1.55. The maximum Gasteiger partial charge on any atom is 0.125 e. The molecule has 0 aliphatic heterocycles. The third-order valence-electron chi connectivity index (χ3n) is 7.49. The second-order valence-corrected chi connectivity index (χ2v) is 10.7. The van der Waals surface area contributed by atoms with Gasteiger partial charge in [-0.3, -0.25) is 0 Å². The molecule has 4 unspecified atom stereocenters. The molecule has 2 N–H and O–H groups in total. The zero-order valence-electron chi connectivity index (χ0n) is 18.2. The van der Waals surface area contributed by atoms with Crippen LogP contribution in [0.4, 0.5) is 0 Å². The Morgan fingerprint density at radius 1 is 1.03 bits per heavy atom. The molecule has 1 aromatic rings. The van der Waals surface area contributed by atoms with E-state index in [4.69, 9.17) is 5.73 Å². The van der Waals surface area contributed by atoms with Gasteiger partial charge in [0.1, 0.15) is 6.29 Å². The Morgan fingerprint density at radius 3 is 2.28 bits per heavy atom. The topological polar surface area (TPSA) is 72.5 Å². The standard InChI is InChI=1S/C19H25NO2.C6H13N/c1-17(13-20-22)8-15-9-18(2,14-21)12-19(10-15,11-17)16-6-4-3-5-7-16;7-6-4-2-1-3-5-6/h3-7,14-15H,8-13H2,1-2H3;6H,1-5,7H2. The van der Waals surface area contributed by atoms with Gasteiger partial charge >= 0.3 is 0 Å². The van der Waals surface area contributed by atoms with Gasteiger partial charge in [-0.15, -0.1) is 0 Å². The average molecular weight is 399 g/mol. The molecule has 3 aliphatic carbocycles. The molecule has 0 heterocycles. The van der Waals surface area contributed by atoms with Crippen molar-refractivity contribution in [3.63, 3.8) is 0 Å².